The van der Waals surface area contributed by atoms with Crippen LogP contribution >= 0.6 is 0 Å². The zero-order valence-corrected chi connectivity index (χ0v) is 13.8. The van der Waals surface area contributed by atoms with Gasteiger partial charge in [0, 0.05) is 11.9 Å². The molecule has 2 aromatic heterocycles. The highest BCUT2D eigenvalue weighted by atomic mass is 19.1. The highest BCUT2D eigenvalue weighted by molar-refractivity contribution is 6.02. The number of nitrogens with zero attached hydrogens (tertiary/aromatic N) is 3. The number of carboxylic acid groups (broad SMARTS) is 1. The van der Waals surface area contributed by atoms with E-state index in [0.29, 0.717) is 11.1 Å². The maximum Gasteiger partial charge on any atom is 0.322 e. The number of hydrogen-bond acceptors (Lipinski definition) is 5. The maximum atomic E-state index is 13.4. The number of nitrogens with one attached hydrogen (secondary N) is 1. The molecule has 0 atom stereocenters. The van der Waals surface area contributed by atoms with Crippen LogP contribution in [0.5, 0.6) is 5.75 Å². The summed E-state index contributed by atoms with van der Waals surface area (Å²) in [6.07, 6.45) is 1.30. The summed E-state index contributed by atoms with van der Waals surface area (Å²) in [6, 6.07) is 9.24. The van der Waals surface area contributed by atoms with Crippen molar-refractivity contribution in [2.45, 2.75) is 6.54 Å². The fraction of sp³-hybridized carbons (Fsp3) is 0.111. The topological polar surface area (TPSA) is 128 Å². The van der Waals surface area contributed by atoms with Gasteiger partial charge in [-0.3, -0.25) is 9.59 Å². The Hall–Kier alpha value is -3.93. The van der Waals surface area contributed by atoms with Crippen LogP contribution in [0, 0.1) is 17.1 Å². The predicted molar refractivity (Wildman–Crippen MR) is 91.6 cm³/mol. The van der Waals surface area contributed by atoms with Gasteiger partial charge >= 0.3 is 5.97 Å². The Kier molecular flexibility index (Phi) is 4.72. The molecule has 0 saturated carbocycles. The van der Waals surface area contributed by atoms with Crippen molar-refractivity contribution in [1.82, 2.24) is 14.9 Å². The number of rotatable bonds is 5. The lowest BCUT2D eigenvalue weighted by molar-refractivity contribution is -0.135. The molecule has 9 heteroatoms. The molecule has 136 valence electrons. The average Bonchev–Trinajstić information content (AvgIpc) is 2.98. The average molecular weight is 368 g/mol. The maximum absolute atomic E-state index is 13.4. The van der Waals surface area contributed by atoms with Gasteiger partial charge in [-0.25, -0.2) is 9.37 Å². The fourth-order valence-electron chi connectivity index (χ4n) is 2.69. The van der Waals surface area contributed by atoms with Crippen molar-refractivity contribution in [3.63, 3.8) is 0 Å². The van der Waals surface area contributed by atoms with Gasteiger partial charge in [0.15, 0.2) is 11.4 Å². The Labute approximate surface area is 152 Å². The van der Waals surface area contributed by atoms with Crippen LogP contribution < -0.4 is 5.32 Å². The van der Waals surface area contributed by atoms with E-state index in [1.165, 1.54) is 29.0 Å². The molecule has 0 saturated heterocycles. The van der Waals surface area contributed by atoms with E-state index in [-0.39, 0.29) is 23.3 Å². The van der Waals surface area contributed by atoms with Gasteiger partial charge in [0.1, 0.15) is 24.1 Å². The summed E-state index contributed by atoms with van der Waals surface area (Å²) >= 11 is 0. The second kappa shape index (κ2) is 7.13. The van der Waals surface area contributed by atoms with Crippen LogP contribution in [0.3, 0.4) is 0 Å². The SMILES string of the molecule is N#Cc1cc2c(O)c(C(=O)NCC(=O)O)ncc2n1Cc1cccc(F)c1. The normalized spacial score (nSPS) is 10.5. The summed E-state index contributed by atoms with van der Waals surface area (Å²) < 4.78 is 15.0. The predicted octanol–water partition coefficient (Wildman–Crippen LogP) is 1.62. The van der Waals surface area contributed by atoms with Crippen molar-refractivity contribution in [3.05, 3.63) is 59.3 Å². The van der Waals surface area contributed by atoms with Gasteiger partial charge in [-0.1, -0.05) is 12.1 Å². The lowest BCUT2D eigenvalue weighted by Gasteiger charge is -2.09. The van der Waals surface area contributed by atoms with E-state index in [1.807, 2.05) is 6.07 Å². The summed E-state index contributed by atoms with van der Waals surface area (Å²) in [4.78, 5) is 26.4. The molecule has 0 aliphatic rings. The number of carbonyl (C=O) groups excluding carboxylic acids is 1. The number of carboxylic acids is 1. The first-order valence-corrected chi connectivity index (χ1v) is 7.76. The first-order valence-electron chi connectivity index (χ1n) is 7.76. The summed E-state index contributed by atoms with van der Waals surface area (Å²) in [5, 5.41) is 30.7. The number of carbonyl (C=O) groups is 2. The Morgan fingerprint density at radius 3 is 2.78 bits per heavy atom. The molecule has 0 unspecified atom stereocenters. The van der Waals surface area contributed by atoms with Gasteiger partial charge < -0.3 is 20.1 Å². The van der Waals surface area contributed by atoms with Gasteiger partial charge in [0.25, 0.3) is 5.91 Å². The molecule has 8 nitrogen and oxygen atoms in total. The number of benzene rings is 1. The molecule has 3 N–H and O–H groups in total. The molecule has 1 aromatic carbocycles. The Morgan fingerprint density at radius 1 is 1.33 bits per heavy atom. The monoisotopic (exact) mass is 368 g/mol. The van der Waals surface area contributed by atoms with Crippen LogP contribution in [-0.4, -0.2) is 38.2 Å². The van der Waals surface area contributed by atoms with Crippen LogP contribution in [0.2, 0.25) is 0 Å². The second-order valence-corrected chi connectivity index (χ2v) is 5.69. The molecular weight excluding hydrogens is 355 g/mol. The van der Waals surface area contributed by atoms with Crippen molar-refractivity contribution in [1.29, 1.82) is 5.26 Å². The zero-order valence-electron chi connectivity index (χ0n) is 13.8. The number of nitriles is 1. The molecule has 3 rings (SSSR count). The Balaban J connectivity index is 2.04. The van der Waals surface area contributed by atoms with Crippen LogP contribution in [0.1, 0.15) is 21.7 Å². The fourth-order valence-corrected chi connectivity index (χ4v) is 2.69. The lowest BCUT2D eigenvalue weighted by Crippen LogP contribution is -2.29. The van der Waals surface area contributed by atoms with E-state index in [1.54, 1.807) is 12.1 Å². The van der Waals surface area contributed by atoms with E-state index in [9.17, 15) is 24.3 Å². The van der Waals surface area contributed by atoms with Crippen molar-refractivity contribution in [3.8, 4) is 11.8 Å². The molecule has 1 amide bonds. The van der Waals surface area contributed by atoms with Crippen LogP contribution in [-0.2, 0) is 11.3 Å². The molecule has 0 aliphatic heterocycles. The standard InChI is InChI=1S/C18H13FN4O4/c19-11-3-1-2-10(4-11)9-23-12(6-20)5-13-14(23)7-21-16(17(13)26)18(27)22-8-15(24)25/h1-5,7,26H,8-9H2,(H,22,27)(H,24,25). The Bertz CT molecular complexity index is 1100. The molecule has 0 radical (unpaired) electrons. The van der Waals surface area contributed by atoms with E-state index < -0.39 is 30.0 Å². The number of pyridine rings is 1. The Morgan fingerprint density at radius 2 is 2.11 bits per heavy atom. The van der Waals surface area contributed by atoms with Crippen molar-refractivity contribution >= 4 is 22.8 Å². The summed E-state index contributed by atoms with van der Waals surface area (Å²) in [6.45, 7) is -0.460. The third-order valence-electron chi connectivity index (χ3n) is 3.89. The number of fused-ring (bicyclic) bond motifs is 1. The third-order valence-corrected chi connectivity index (χ3v) is 3.89. The quantitative estimate of drug-likeness (QED) is 0.628. The molecule has 27 heavy (non-hydrogen) atoms. The van der Waals surface area contributed by atoms with Gasteiger partial charge in [-0.15, -0.1) is 0 Å². The second-order valence-electron chi connectivity index (χ2n) is 5.69. The van der Waals surface area contributed by atoms with Gasteiger partial charge in [0.2, 0.25) is 0 Å². The van der Waals surface area contributed by atoms with Crippen LogP contribution in [0.15, 0.2) is 36.5 Å². The van der Waals surface area contributed by atoms with Crippen LogP contribution in [0.4, 0.5) is 4.39 Å². The summed E-state index contributed by atoms with van der Waals surface area (Å²) in [7, 11) is 0. The van der Waals surface area contributed by atoms with E-state index in [0.717, 1.165) is 0 Å². The molecule has 2 heterocycles. The van der Waals surface area contributed by atoms with Crippen molar-refractivity contribution in [2.75, 3.05) is 6.54 Å². The smallest absolute Gasteiger partial charge is 0.322 e. The number of amides is 1. The van der Waals surface area contributed by atoms with Crippen molar-refractivity contribution in [2.24, 2.45) is 0 Å². The largest absolute Gasteiger partial charge is 0.505 e. The minimum Gasteiger partial charge on any atom is -0.505 e. The van der Waals surface area contributed by atoms with Crippen molar-refractivity contribution < 1.29 is 24.2 Å². The lowest BCUT2D eigenvalue weighted by atomic mass is 10.2. The summed E-state index contributed by atoms with van der Waals surface area (Å²) in [5.74, 6) is -2.98. The first kappa shape index (κ1) is 17.9. The number of aliphatic carboxylic acids is 1. The molecule has 0 fully saturated rings. The summed E-state index contributed by atoms with van der Waals surface area (Å²) in [5.41, 5.74) is 0.820. The van der Waals surface area contributed by atoms with Gasteiger partial charge in [0.05, 0.1) is 11.7 Å². The highest BCUT2D eigenvalue weighted by Gasteiger charge is 2.20. The molecule has 0 aliphatic carbocycles. The number of aromatic nitrogens is 2. The van der Waals surface area contributed by atoms with Gasteiger partial charge in [-0.2, -0.15) is 5.26 Å². The number of hydrogen-bond donors (Lipinski definition) is 3. The molecular formula is C18H13FN4O4. The number of halogens is 1. The van der Waals surface area contributed by atoms with E-state index in [2.05, 4.69) is 10.3 Å². The highest BCUT2D eigenvalue weighted by Crippen LogP contribution is 2.30. The van der Waals surface area contributed by atoms with Crippen LogP contribution in [0.25, 0.3) is 10.9 Å². The van der Waals surface area contributed by atoms with E-state index >= 15 is 0 Å². The minimum atomic E-state index is -1.24. The molecule has 0 spiro atoms. The number of aromatic hydroxyl groups is 1. The minimum absolute atomic E-state index is 0.163. The first-order chi connectivity index (χ1) is 12.9. The zero-order chi connectivity index (χ0) is 19.6. The molecule has 3 aromatic rings. The van der Waals surface area contributed by atoms with Gasteiger partial charge in [-0.05, 0) is 23.8 Å². The van der Waals surface area contributed by atoms with E-state index in [4.69, 9.17) is 5.11 Å². The third kappa shape index (κ3) is 3.55. The molecule has 0 bridgehead atoms.